The molecule has 2 heterocycles. The van der Waals surface area contributed by atoms with Gasteiger partial charge in [0, 0.05) is 13.1 Å². The van der Waals surface area contributed by atoms with Crippen LogP contribution in [0.2, 0.25) is 0 Å². The number of rotatable bonds is 3. The molecule has 2 rings (SSSR count). The van der Waals surface area contributed by atoms with Crippen molar-refractivity contribution in [3.63, 3.8) is 0 Å². The molecule has 0 spiro atoms. The lowest BCUT2D eigenvalue weighted by molar-refractivity contribution is -0.146. The van der Waals surface area contributed by atoms with Crippen LogP contribution < -0.4 is 5.32 Å². The molecule has 2 aliphatic rings. The van der Waals surface area contributed by atoms with Crippen LogP contribution in [0.3, 0.4) is 0 Å². The summed E-state index contributed by atoms with van der Waals surface area (Å²) in [4.78, 5) is 25.2. The Morgan fingerprint density at radius 2 is 2.16 bits per heavy atom. The van der Waals surface area contributed by atoms with Crippen molar-refractivity contribution in [3.05, 3.63) is 0 Å². The number of carboxylic acids is 1. The SMILES string of the molecule is CCC1CCNC(C(=O)N2CCCC(C(=O)O)C2)C1. The molecule has 108 valence electrons. The monoisotopic (exact) mass is 268 g/mol. The topological polar surface area (TPSA) is 69.6 Å². The maximum absolute atomic E-state index is 12.5. The van der Waals surface area contributed by atoms with Gasteiger partial charge in [-0.3, -0.25) is 9.59 Å². The Hall–Kier alpha value is -1.10. The highest BCUT2D eigenvalue weighted by Crippen LogP contribution is 2.23. The quantitative estimate of drug-likeness (QED) is 0.804. The summed E-state index contributed by atoms with van der Waals surface area (Å²) in [6.45, 7) is 4.14. The molecule has 3 atom stereocenters. The molecule has 2 saturated heterocycles. The van der Waals surface area contributed by atoms with Crippen molar-refractivity contribution < 1.29 is 14.7 Å². The molecule has 0 aromatic heterocycles. The van der Waals surface area contributed by atoms with Gasteiger partial charge in [0.25, 0.3) is 0 Å². The van der Waals surface area contributed by atoms with Crippen LogP contribution in [0.25, 0.3) is 0 Å². The van der Waals surface area contributed by atoms with Gasteiger partial charge >= 0.3 is 5.97 Å². The molecule has 2 fully saturated rings. The molecule has 3 unspecified atom stereocenters. The predicted molar refractivity (Wildman–Crippen MR) is 71.7 cm³/mol. The van der Waals surface area contributed by atoms with Gasteiger partial charge in [-0.25, -0.2) is 0 Å². The summed E-state index contributed by atoms with van der Waals surface area (Å²) >= 11 is 0. The number of likely N-dealkylation sites (tertiary alicyclic amines) is 1. The van der Waals surface area contributed by atoms with E-state index in [4.69, 9.17) is 5.11 Å². The van der Waals surface area contributed by atoms with E-state index < -0.39 is 5.97 Å². The number of amides is 1. The number of carbonyl (C=O) groups excluding carboxylic acids is 1. The van der Waals surface area contributed by atoms with Crippen LogP contribution in [-0.4, -0.2) is 47.6 Å². The van der Waals surface area contributed by atoms with Crippen LogP contribution in [-0.2, 0) is 9.59 Å². The standard InChI is InChI=1S/C14H24N2O3/c1-2-10-5-6-15-12(8-10)13(17)16-7-3-4-11(9-16)14(18)19/h10-12,15H,2-9H2,1H3,(H,18,19). The van der Waals surface area contributed by atoms with Crippen molar-refractivity contribution in [2.75, 3.05) is 19.6 Å². The highest BCUT2D eigenvalue weighted by atomic mass is 16.4. The minimum absolute atomic E-state index is 0.101. The van der Waals surface area contributed by atoms with E-state index in [1.807, 2.05) is 0 Å². The minimum atomic E-state index is -0.777. The van der Waals surface area contributed by atoms with Crippen molar-refractivity contribution in [1.82, 2.24) is 10.2 Å². The summed E-state index contributed by atoms with van der Waals surface area (Å²) in [5.74, 6) is -0.442. The maximum Gasteiger partial charge on any atom is 0.308 e. The predicted octanol–water partition coefficient (Wildman–Crippen LogP) is 1.09. The Kier molecular flexibility index (Phi) is 4.80. The van der Waals surface area contributed by atoms with Crippen LogP contribution in [0, 0.1) is 11.8 Å². The van der Waals surface area contributed by atoms with E-state index in [1.54, 1.807) is 4.90 Å². The second-order valence-corrected chi connectivity index (χ2v) is 5.77. The average Bonchev–Trinajstić information content (AvgIpc) is 2.46. The van der Waals surface area contributed by atoms with Gasteiger partial charge in [0.1, 0.15) is 0 Å². The molecule has 0 bridgehead atoms. The Morgan fingerprint density at radius 3 is 2.84 bits per heavy atom. The molecule has 5 heteroatoms. The van der Waals surface area contributed by atoms with Gasteiger partial charge in [0.2, 0.25) is 5.91 Å². The number of piperidine rings is 2. The van der Waals surface area contributed by atoms with Gasteiger partial charge in [0.05, 0.1) is 12.0 Å². The number of nitrogens with zero attached hydrogens (tertiary/aromatic N) is 1. The Balaban J connectivity index is 1.93. The van der Waals surface area contributed by atoms with Gasteiger partial charge in [-0.2, -0.15) is 0 Å². The van der Waals surface area contributed by atoms with Crippen LogP contribution in [0.4, 0.5) is 0 Å². The summed E-state index contributed by atoms with van der Waals surface area (Å²) in [7, 11) is 0. The molecule has 0 aromatic rings. The molecule has 0 aromatic carbocycles. The molecule has 19 heavy (non-hydrogen) atoms. The van der Waals surface area contributed by atoms with Gasteiger partial charge in [0.15, 0.2) is 0 Å². The number of aliphatic carboxylic acids is 1. The summed E-state index contributed by atoms with van der Waals surface area (Å²) < 4.78 is 0. The zero-order chi connectivity index (χ0) is 13.8. The van der Waals surface area contributed by atoms with Crippen LogP contribution in [0.15, 0.2) is 0 Å². The Labute approximate surface area is 114 Å². The molecule has 1 amide bonds. The van der Waals surface area contributed by atoms with Crippen LogP contribution in [0.5, 0.6) is 0 Å². The number of carbonyl (C=O) groups is 2. The summed E-state index contributed by atoms with van der Waals surface area (Å²) in [6.07, 6.45) is 4.63. The zero-order valence-electron chi connectivity index (χ0n) is 11.6. The normalized spacial score (nSPS) is 32.1. The van der Waals surface area contributed by atoms with Crippen LogP contribution in [0.1, 0.15) is 39.0 Å². The molecule has 5 nitrogen and oxygen atoms in total. The van der Waals surface area contributed by atoms with Crippen molar-refractivity contribution in [3.8, 4) is 0 Å². The van der Waals surface area contributed by atoms with E-state index in [1.165, 1.54) is 0 Å². The molecule has 0 saturated carbocycles. The van der Waals surface area contributed by atoms with Gasteiger partial charge in [-0.1, -0.05) is 13.3 Å². The summed E-state index contributed by atoms with van der Waals surface area (Å²) in [6, 6.07) is -0.105. The Morgan fingerprint density at radius 1 is 1.37 bits per heavy atom. The van der Waals surface area contributed by atoms with E-state index in [0.29, 0.717) is 25.4 Å². The van der Waals surface area contributed by atoms with Crippen molar-refractivity contribution in [1.29, 1.82) is 0 Å². The number of nitrogens with one attached hydrogen (secondary N) is 1. The smallest absolute Gasteiger partial charge is 0.308 e. The van der Waals surface area contributed by atoms with E-state index in [0.717, 1.165) is 32.2 Å². The van der Waals surface area contributed by atoms with Gasteiger partial charge < -0.3 is 15.3 Å². The maximum atomic E-state index is 12.5. The first-order valence-corrected chi connectivity index (χ1v) is 7.36. The third-order valence-corrected chi connectivity index (χ3v) is 4.47. The highest BCUT2D eigenvalue weighted by molar-refractivity contribution is 5.83. The fourth-order valence-electron chi connectivity index (χ4n) is 3.15. The summed E-state index contributed by atoms with van der Waals surface area (Å²) in [5.41, 5.74) is 0. The van der Waals surface area contributed by atoms with Crippen molar-refractivity contribution >= 4 is 11.9 Å². The second kappa shape index (κ2) is 6.37. The van der Waals surface area contributed by atoms with E-state index >= 15 is 0 Å². The lowest BCUT2D eigenvalue weighted by Crippen LogP contribution is -2.53. The molecular weight excluding hydrogens is 244 g/mol. The number of hydrogen-bond donors (Lipinski definition) is 2. The summed E-state index contributed by atoms with van der Waals surface area (Å²) in [5, 5.41) is 12.4. The minimum Gasteiger partial charge on any atom is -0.481 e. The second-order valence-electron chi connectivity index (χ2n) is 5.77. The largest absolute Gasteiger partial charge is 0.481 e. The molecule has 0 aliphatic carbocycles. The van der Waals surface area contributed by atoms with E-state index in [-0.39, 0.29) is 17.9 Å². The fraction of sp³-hybridized carbons (Fsp3) is 0.857. The first-order chi connectivity index (χ1) is 9.11. The highest BCUT2D eigenvalue weighted by Gasteiger charge is 2.33. The molecule has 2 aliphatic heterocycles. The lowest BCUT2D eigenvalue weighted by Gasteiger charge is -2.36. The third-order valence-electron chi connectivity index (χ3n) is 4.47. The first kappa shape index (κ1) is 14.3. The van der Waals surface area contributed by atoms with Crippen molar-refractivity contribution in [2.24, 2.45) is 11.8 Å². The number of carboxylic acid groups (broad SMARTS) is 1. The van der Waals surface area contributed by atoms with Crippen molar-refractivity contribution in [2.45, 2.75) is 45.1 Å². The average molecular weight is 268 g/mol. The van der Waals surface area contributed by atoms with Gasteiger partial charge in [-0.15, -0.1) is 0 Å². The van der Waals surface area contributed by atoms with E-state index in [2.05, 4.69) is 12.2 Å². The van der Waals surface area contributed by atoms with Gasteiger partial charge in [-0.05, 0) is 38.1 Å². The molecule has 0 radical (unpaired) electrons. The Bertz CT molecular complexity index is 346. The fourth-order valence-corrected chi connectivity index (χ4v) is 3.15. The zero-order valence-corrected chi connectivity index (χ0v) is 11.6. The number of hydrogen-bond acceptors (Lipinski definition) is 3. The van der Waals surface area contributed by atoms with Crippen LogP contribution >= 0.6 is 0 Å². The van der Waals surface area contributed by atoms with E-state index in [9.17, 15) is 9.59 Å². The molecular formula is C14H24N2O3. The lowest BCUT2D eigenvalue weighted by atomic mass is 9.89. The first-order valence-electron chi connectivity index (χ1n) is 7.36. The third kappa shape index (κ3) is 3.47. The molecule has 2 N–H and O–H groups in total.